The Morgan fingerprint density at radius 1 is 1.04 bits per heavy atom. The van der Waals surface area contributed by atoms with E-state index in [1.807, 2.05) is 12.1 Å². The predicted octanol–water partition coefficient (Wildman–Crippen LogP) is 2.56. The largest absolute Gasteiger partial charge is 0.497 e. The molecule has 3 N–H and O–H groups in total. The van der Waals surface area contributed by atoms with Crippen LogP contribution in [0.2, 0.25) is 0 Å². The molecular weight excluding hydrogens is 338 g/mol. The lowest BCUT2D eigenvalue weighted by atomic mass is 9.97. The van der Waals surface area contributed by atoms with Crippen molar-refractivity contribution in [3.05, 3.63) is 52.6 Å². The highest BCUT2D eigenvalue weighted by Crippen LogP contribution is 2.27. The van der Waals surface area contributed by atoms with Crippen molar-refractivity contribution in [2.24, 2.45) is 0 Å². The first kappa shape index (κ1) is 19.1. The second-order valence-electron chi connectivity index (χ2n) is 5.58. The molecule has 0 aromatic heterocycles. The number of esters is 1. The van der Waals surface area contributed by atoms with E-state index < -0.39 is 11.9 Å². The average Bonchev–Trinajstić information content (AvgIpc) is 2.64. The Kier molecular flexibility index (Phi) is 6.06. The maximum absolute atomic E-state index is 11.8. The van der Waals surface area contributed by atoms with Gasteiger partial charge in [-0.3, -0.25) is 0 Å². The number of ether oxygens (including phenoxy) is 3. The van der Waals surface area contributed by atoms with E-state index in [0.717, 1.165) is 5.56 Å². The van der Waals surface area contributed by atoms with E-state index in [2.05, 4.69) is 4.74 Å². The minimum absolute atomic E-state index is 0.0735. The summed E-state index contributed by atoms with van der Waals surface area (Å²) < 4.78 is 15.2. The fraction of sp³-hybridized carbons (Fsp3) is 0.263. The first-order chi connectivity index (χ1) is 12.4. The maximum atomic E-state index is 11.8. The van der Waals surface area contributed by atoms with Gasteiger partial charge in [0.1, 0.15) is 11.5 Å². The molecule has 0 unspecified atom stereocenters. The maximum Gasteiger partial charge on any atom is 0.340 e. The number of rotatable bonds is 7. The zero-order chi connectivity index (χ0) is 19.3. The van der Waals surface area contributed by atoms with E-state index in [9.17, 15) is 14.7 Å². The van der Waals surface area contributed by atoms with Gasteiger partial charge in [0.25, 0.3) is 0 Å². The fourth-order valence-electron chi connectivity index (χ4n) is 2.73. The number of hydrogen-bond donors (Lipinski definition) is 2. The molecule has 0 saturated carbocycles. The van der Waals surface area contributed by atoms with E-state index in [-0.39, 0.29) is 16.8 Å². The molecule has 7 nitrogen and oxygen atoms in total. The summed E-state index contributed by atoms with van der Waals surface area (Å²) in [7, 11) is 4.34. The zero-order valence-electron chi connectivity index (χ0n) is 14.9. The highest BCUT2D eigenvalue weighted by atomic mass is 16.5. The Hall–Kier alpha value is -3.22. The lowest BCUT2D eigenvalue weighted by molar-refractivity contribution is 0.0584. The quantitative estimate of drug-likeness (QED) is 0.578. The number of carboxylic acid groups (broad SMARTS) is 1. The smallest absolute Gasteiger partial charge is 0.340 e. The number of aromatic carboxylic acids is 1. The normalized spacial score (nSPS) is 10.3. The van der Waals surface area contributed by atoms with Crippen LogP contribution in [0.15, 0.2) is 30.3 Å². The molecule has 26 heavy (non-hydrogen) atoms. The van der Waals surface area contributed by atoms with Crippen LogP contribution in [-0.2, 0) is 17.6 Å². The highest BCUT2D eigenvalue weighted by Gasteiger charge is 2.21. The number of nitrogen functional groups attached to an aromatic ring is 1. The Morgan fingerprint density at radius 3 is 2.35 bits per heavy atom. The van der Waals surface area contributed by atoms with Gasteiger partial charge in [-0.1, -0.05) is 0 Å². The zero-order valence-corrected chi connectivity index (χ0v) is 14.9. The van der Waals surface area contributed by atoms with E-state index >= 15 is 0 Å². The van der Waals surface area contributed by atoms with Gasteiger partial charge in [-0.25, -0.2) is 9.59 Å². The summed E-state index contributed by atoms with van der Waals surface area (Å²) in [6.45, 7) is 0. The van der Waals surface area contributed by atoms with Crippen molar-refractivity contribution >= 4 is 17.6 Å². The number of benzene rings is 2. The number of methoxy groups -OCH3 is 3. The molecule has 138 valence electrons. The third-order valence-electron chi connectivity index (χ3n) is 4.02. The van der Waals surface area contributed by atoms with E-state index in [0.29, 0.717) is 29.9 Å². The number of hydrogen-bond acceptors (Lipinski definition) is 6. The lowest BCUT2D eigenvalue weighted by Gasteiger charge is -2.13. The second-order valence-corrected chi connectivity index (χ2v) is 5.58. The monoisotopic (exact) mass is 359 g/mol. The first-order valence-electron chi connectivity index (χ1n) is 7.86. The SMILES string of the molecule is COC(=O)c1c(N)cc(CCc2cc(OC)ccc2OC)cc1C(=O)O. The summed E-state index contributed by atoms with van der Waals surface area (Å²) in [5, 5.41) is 9.39. The van der Waals surface area contributed by atoms with E-state index in [1.165, 1.54) is 13.2 Å². The van der Waals surface area contributed by atoms with Crippen molar-refractivity contribution in [3.8, 4) is 11.5 Å². The van der Waals surface area contributed by atoms with Gasteiger partial charge in [-0.2, -0.15) is 0 Å². The number of carbonyl (C=O) groups is 2. The summed E-state index contributed by atoms with van der Waals surface area (Å²) in [5.74, 6) is -0.602. The molecule has 0 radical (unpaired) electrons. The number of aryl methyl sites for hydroxylation is 2. The summed E-state index contributed by atoms with van der Waals surface area (Å²) in [4.78, 5) is 23.3. The van der Waals surface area contributed by atoms with Crippen LogP contribution in [0.25, 0.3) is 0 Å². The van der Waals surface area contributed by atoms with Crippen molar-refractivity contribution in [2.45, 2.75) is 12.8 Å². The molecule has 2 aromatic rings. The van der Waals surface area contributed by atoms with Gasteiger partial charge in [-0.15, -0.1) is 0 Å². The molecule has 2 rings (SSSR count). The molecule has 0 aliphatic carbocycles. The standard InChI is InChI=1S/C19H21NO6/c1-24-13-6-7-16(25-2)12(10-13)5-4-11-8-14(18(21)22)17(15(20)9-11)19(23)26-3/h6-10H,4-5,20H2,1-3H3,(H,21,22). The summed E-state index contributed by atoms with van der Waals surface area (Å²) >= 11 is 0. The van der Waals surface area contributed by atoms with E-state index in [4.69, 9.17) is 15.2 Å². The van der Waals surface area contributed by atoms with Crippen molar-refractivity contribution in [1.82, 2.24) is 0 Å². The summed E-state index contributed by atoms with van der Waals surface area (Å²) in [6, 6.07) is 8.51. The van der Waals surface area contributed by atoms with Crippen molar-refractivity contribution in [2.75, 3.05) is 27.1 Å². The molecule has 0 fully saturated rings. The highest BCUT2D eigenvalue weighted by molar-refractivity contribution is 6.06. The van der Waals surface area contributed by atoms with Crippen LogP contribution in [0.5, 0.6) is 11.5 Å². The van der Waals surface area contributed by atoms with Crippen molar-refractivity contribution < 1.29 is 28.9 Å². The molecule has 0 aliphatic heterocycles. The van der Waals surface area contributed by atoms with Crippen molar-refractivity contribution in [1.29, 1.82) is 0 Å². The number of carboxylic acids is 1. The average molecular weight is 359 g/mol. The summed E-state index contributed by atoms with van der Waals surface area (Å²) in [6.07, 6.45) is 1.09. The predicted molar refractivity (Wildman–Crippen MR) is 96.1 cm³/mol. The topological polar surface area (TPSA) is 108 Å². The molecule has 0 amide bonds. The molecule has 0 aliphatic rings. The molecule has 0 saturated heterocycles. The lowest BCUT2D eigenvalue weighted by Crippen LogP contribution is -2.14. The molecule has 0 heterocycles. The molecule has 0 spiro atoms. The Labute approximate surface area is 151 Å². The van der Waals surface area contributed by atoms with Crippen LogP contribution in [0.1, 0.15) is 31.8 Å². The Morgan fingerprint density at radius 2 is 1.77 bits per heavy atom. The van der Waals surface area contributed by atoms with Gasteiger partial charge in [0.15, 0.2) is 0 Å². The number of carbonyl (C=O) groups excluding carboxylic acids is 1. The fourth-order valence-corrected chi connectivity index (χ4v) is 2.73. The number of anilines is 1. The third-order valence-corrected chi connectivity index (χ3v) is 4.02. The van der Waals surface area contributed by atoms with Gasteiger partial charge in [-0.05, 0) is 54.3 Å². The van der Waals surface area contributed by atoms with Crippen molar-refractivity contribution in [3.63, 3.8) is 0 Å². The van der Waals surface area contributed by atoms with Crippen LogP contribution in [0.3, 0.4) is 0 Å². The summed E-state index contributed by atoms with van der Waals surface area (Å²) in [5.41, 5.74) is 7.27. The second kappa shape index (κ2) is 8.24. The Bertz CT molecular complexity index is 831. The van der Waals surface area contributed by atoms with Crippen LogP contribution in [0.4, 0.5) is 5.69 Å². The van der Waals surface area contributed by atoms with E-state index in [1.54, 1.807) is 26.4 Å². The molecule has 0 atom stereocenters. The first-order valence-corrected chi connectivity index (χ1v) is 7.86. The van der Waals surface area contributed by atoms with Crippen LogP contribution in [0, 0.1) is 0 Å². The van der Waals surface area contributed by atoms with Gasteiger partial charge in [0, 0.05) is 5.69 Å². The minimum Gasteiger partial charge on any atom is -0.497 e. The minimum atomic E-state index is -1.24. The molecule has 2 aromatic carbocycles. The van der Waals surface area contributed by atoms with Crippen LogP contribution < -0.4 is 15.2 Å². The molecule has 0 bridgehead atoms. The third kappa shape index (κ3) is 4.05. The van der Waals surface area contributed by atoms with Gasteiger partial charge < -0.3 is 25.1 Å². The van der Waals surface area contributed by atoms with Gasteiger partial charge in [0.2, 0.25) is 0 Å². The molecular formula is C19H21NO6. The van der Waals surface area contributed by atoms with Gasteiger partial charge in [0.05, 0.1) is 32.5 Å². The molecule has 7 heteroatoms. The Balaban J connectivity index is 2.34. The number of nitrogens with two attached hydrogens (primary N) is 1. The van der Waals surface area contributed by atoms with Crippen LogP contribution >= 0.6 is 0 Å². The van der Waals surface area contributed by atoms with Gasteiger partial charge >= 0.3 is 11.9 Å². The van der Waals surface area contributed by atoms with Crippen LogP contribution in [-0.4, -0.2) is 38.4 Å².